The van der Waals surface area contributed by atoms with E-state index < -0.39 is 0 Å². The summed E-state index contributed by atoms with van der Waals surface area (Å²) in [5, 5.41) is 4.29. The fourth-order valence-electron chi connectivity index (χ4n) is 2.62. The predicted molar refractivity (Wildman–Crippen MR) is 82.1 cm³/mol. The molecule has 0 radical (unpaired) electrons. The van der Waals surface area contributed by atoms with E-state index in [9.17, 15) is 0 Å². The summed E-state index contributed by atoms with van der Waals surface area (Å²) in [6.07, 6.45) is 2.30. The van der Waals surface area contributed by atoms with Gasteiger partial charge in [-0.05, 0) is 58.8 Å². The third kappa shape index (κ3) is 2.84. The maximum atomic E-state index is 6.11. The number of hydrogen-bond donors (Lipinski definition) is 2. The average Bonchev–Trinajstić information content (AvgIpc) is 2.27. The zero-order chi connectivity index (χ0) is 13.3. The van der Waals surface area contributed by atoms with Crippen LogP contribution in [0, 0.1) is 11.8 Å². The van der Waals surface area contributed by atoms with Crippen LogP contribution in [0.4, 0.5) is 5.69 Å². The van der Waals surface area contributed by atoms with Crippen molar-refractivity contribution < 1.29 is 0 Å². The highest BCUT2D eigenvalue weighted by molar-refractivity contribution is 9.10. The van der Waals surface area contributed by atoms with E-state index in [1.165, 1.54) is 0 Å². The Morgan fingerprint density at radius 1 is 1.50 bits per heavy atom. The lowest BCUT2D eigenvalue weighted by molar-refractivity contribution is 0.130. The van der Waals surface area contributed by atoms with Gasteiger partial charge in [0.1, 0.15) is 0 Å². The summed E-state index contributed by atoms with van der Waals surface area (Å²) < 4.78 is 0.921. The van der Waals surface area contributed by atoms with Gasteiger partial charge in [-0.1, -0.05) is 25.4 Å². The number of rotatable bonds is 4. The lowest BCUT2D eigenvalue weighted by Gasteiger charge is -2.50. The van der Waals surface area contributed by atoms with Crippen molar-refractivity contribution in [3.05, 3.63) is 27.7 Å². The monoisotopic (exact) mass is 330 g/mol. The van der Waals surface area contributed by atoms with Crippen LogP contribution in [-0.2, 0) is 0 Å². The molecule has 1 aromatic rings. The first-order valence-corrected chi connectivity index (χ1v) is 7.56. The van der Waals surface area contributed by atoms with Crippen LogP contribution in [0.25, 0.3) is 0 Å². The highest BCUT2D eigenvalue weighted by atomic mass is 79.9. The molecule has 0 heterocycles. The van der Waals surface area contributed by atoms with Gasteiger partial charge in [0.2, 0.25) is 0 Å². The maximum Gasteiger partial charge on any atom is 0.0568 e. The van der Waals surface area contributed by atoms with Gasteiger partial charge in [0.25, 0.3) is 0 Å². The van der Waals surface area contributed by atoms with Gasteiger partial charge in [-0.3, -0.25) is 0 Å². The van der Waals surface area contributed by atoms with E-state index in [1.54, 1.807) is 0 Å². The van der Waals surface area contributed by atoms with Crippen LogP contribution >= 0.6 is 27.5 Å². The maximum absolute atomic E-state index is 6.11. The minimum absolute atomic E-state index is 0.0616. The second-order valence-electron chi connectivity index (χ2n) is 5.65. The Morgan fingerprint density at radius 3 is 2.67 bits per heavy atom. The van der Waals surface area contributed by atoms with Crippen LogP contribution < -0.4 is 11.1 Å². The van der Waals surface area contributed by atoms with E-state index in [2.05, 4.69) is 35.1 Å². The fraction of sp³-hybridized carbons (Fsp3) is 0.571. The lowest BCUT2D eigenvalue weighted by Crippen LogP contribution is -2.56. The summed E-state index contributed by atoms with van der Waals surface area (Å²) in [6, 6.07) is 5.95. The van der Waals surface area contributed by atoms with E-state index in [-0.39, 0.29) is 5.54 Å². The van der Waals surface area contributed by atoms with Gasteiger partial charge in [-0.15, -0.1) is 0 Å². The third-order valence-electron chi connectivity index (χ3n) is 3.97. The van der Waals surface area contributed by atoms with Crippen LogP contribution in [0.3, 0.4) is 0 Å². The number of benzene rings is 1. The van der Waals surface area contributed by atoms with Gasteiger partial charge in [-0.2, -0.15) is 0 Å². The predicted octanol–water partition coefficient (Wildman–Crippen LogP) is 4.28. The SMILES string of the molecule is CC(C)C1CC(CN)(Nc2ccc(Br)c(Cl)c2)C1. The Hall–Kier alpha value is -0.250. The topological polar surface area (TPSA) is 38.0 Å². The van der Waals surface area contributed by atoms with Crippen molar-refractivity contribution in [3.63, 3.8) is 0 Å². The molecule has 1 aromatic carbocycles. The van der Waals surface area contributed by atoms with E-state index in [1.807, 2.05) is 18.2 Å². The van der Waals surface area contributed by atoms with Crippen LogP contribution in [0.1, 0.15) is 26.7 Å². The summed E-state index contributed by atoms with van der Waals surface area (Å²) in [4.78, 5) is 0. The molecule has 1 aliphatic carbocycles. The Balaban J connectivity index is 2.06. The molecule has 3 N–H and O–H groups in total. The number of halogens is 2. The van der Waals surface area contributed by atoms with E-state index in [4.69, 9.17) is 17.3 Å². The Bertz CT molecular complexity index is 428. The Kier molecular flexibility index (Phi) is 4.25. The summed E-state index contributed by atoms with van der Waals surface area (Å²) in [5.41, 5.74) is 7.06. The summed E-state index contributed by atoms with van der Waals surface area (Å²) >= 11 is 9.51. The highest BCUT2D eigenvalue weighted by Crippen LogP contribution is 2.44. The molecule has 0 aliphatic heterocycles. The zero-order valence-corrected chi connectivity index (χ0v) is 13.2. The first kappa shape index (κ1) is 14.2. The smallest absolute Gasteiger partial charge is 0.0568 e. The van der Waals surface area contributed by atoms with Crippen molar-refractivity contribution in [2.75, 3.05) is 11.9 Å². The van der Waals surface area contributed by atoms with Crippen LogP contribution in [0.5, 0.6) is 0 Å². The van der Waals surface area contributed by atoms with E-state index in [0.717, 1.165) is 39.9 Å². The van der Waals surface area contributed by atoms with Crippen molar-refractivity contribution in [3.8, 4) is 0 Å². The van der Waals surface area contributed by atoms with Crippen molar-refractivity contribution >= 4 is 33.2 Å². The van der Waals surface area contributed by atoms with Gasteiger partial charge in [0.15, 0.2) is 0 Å². The van der Waals surface area contributed by atoms with Crippen LogP contribution in [0.15, 0.2) is 22.7 Å². The van der Waals surface area contributed by atoms with Gasteiger partial charge >= 0.3 is 0 Å². The van der Waals surface area contributed by atoms with Crippen molar-refractivity contribution in [2.45, 2.75) is 32.2 Å². The third-order valence-corrected chi connectivity index (χ3v) is 5.20. The molecule has 0 bridgehead atoms. The molecular weight excluding hydrogens is 312 g/mol. The van der Waals surface area contributed by atoms with Crippen LogP contribution in [0.2, 0.25) is 5.02 Å². The van der Waals surface area contributed by atoms with Crippen molar-refractivity contribution in [2.24, 2.45) is 17.6 Å². The molecule has 0 unspecified atom stereocenters. The Labute approximate surface area is 122 Å². The van der Waals surface area contributed by atoms with Crippen molar-refractivity contribution in [1.29, 1.82) is 0 Å². The number of nitrogens with one attached hydrogen (secondary N) is 1. The Morgan fingerprint density at radius 2 is 2.17 bits per heavy atom. The lowest BCUT2D eigenvalue weighted by atomic mass is 9.64. The van der Waals surface area contributed by atoms with E-state index in [0.29, 0.717) is 6.54 Å². The molecule has 2 nitrogen and oxygen atoms in total. The quantitative estimate of drug-likeness (QED) is 0.864. The minimum atomic E-state index is 0.0616. The molecule has 4 heteroatoms. The molecule has 0 atom stereocenters. The molecule has 1 aliphatic rings. The fourth-order valence-corrected chi connectivity index (χ4v) is 3.04. The first-order chi connectivity index (χ1) is 8.46. The van der Waals surface area contributed by atoms with Crippen LogP contribution in [-0.4, -0.2) is 12.1 Å². The van der Waals surface area contributed by atoms with Gasteiger partial charge in [0, 0.05) is 16.7 Å². The van der Waals surface area contributed by atoms with Crippen molar-refractivity contribution in [1.82, 2.24) is 0 Å². The second kappa shape index (κ2) is 5.40. The number of nitrogens with two attached hydrogens (primary N) is 1. The molecule has 0 aromatic heterocycles. The number of hydrogen-bond acceptors (Lipinski definition) is 2. The van der Waals surface area contributed by atoms with Gasteiger partial charge < -0.3 is 11.1 Å². The normalized spacial score (nSPS) is 27.1. The highest BCUT2D eigenvalue weighted by Gasteiger charge is 2.44. The van der Waals surface area contributed by atoms with Gasteiger partial charge in [0.05, 0.1) is 10.6 Å². The minimum Gasteiger partial charge on any atom is -0.378 e. The molecule has 1 saturated carbocycles. The molecule has 2 rings (SSSR count). The largest absolute Gasteiger partial charge is 0.378 e. The van der Waals surface area contributed by atoms with Gasteiger partial charge in [-0.25, -0.2) is 0 Å². The molecule has 0 saturated heterocycles. The summed E-state index contributed by atoms with van der Waals surface area (Å²) in [7, 11) is 0. The number of anilines is 1. The second-order valence-corrected chi connectivity index (χ2v) is 6.91. The molecular formula is C14H20BrClN2. The molecule has 18 heavy (non-hydrogen) atoms. The summed E-state index contributed by atoms with van der Waals surface area (Å²) in [6.45, 7) is 5.23. The average molecular weight is 332 g/mol. The van der Waals surface area contributed by atoms with E-state index >= 15 is 0 Å². The summed E-state index contributed by atoms with van der Waals surface area (Å²) in [5.74, 6) is 1.52. The molecule has 0 spiro atoms. The molecule has 100 valence electrons. The zero-order valence-electron chi connectivity index (χ0n) is 10.8. The standard InChI is InChI=1S/C14H20BrClN2/c1-9(2)10-6-14(7-10,8-17)18-11-3-4-12(15)13(16)5-11/h3-5,9-10,18H,6-8,17H2,1-2H3. The molecule has 1 fully saturated rings. The first-order valence-electron chi connectivity index (χ1n) is 6.39. The molecule has 0 amide bonds.